The summed E-state index contributed by atoms with van der Waals surface area (Å²) in [7, 11) is 0. The molecule has 1 saturated carbocycles. The topological polar surface area (TPSA) is 46.9 Å². The van der Waals surface area contributed by atoms with Gasteiger partial charge in [0.1, 0.15) is 5.69 Å². The van der Waals surface area contributed by atoms with Gasteiger partial charge in [0.05, 0.1) is 11.2 Å². The van der Waals surface area contributed by atoms with Crippen molar-refractivity contribution in [1.29, 1.82) is 0 Å². The van der Waals surface area contributed by atoms with Gasteiger partial charge in [0.25, 0.3) is 5.56 Å². The quantitative estimate of drug-likeness (QED) is 0.892. The van der Waals surface area contributed by atoms with Crippen LogP contribution in [-0.2, 0) is 13.0 Å². The summed E-state index contributed by atoms with van der Waals surface area (Å²) in [6, 6.07) is 4.12. The molecule has 2 aromatic heterocycles. The van der Waals surface area contributed by atoms with Crippen molar-refractivity contribution in [1.82, 2.24) is 9.78 Å². The largest absolute Gasteiger partial charge is 0.379 e. The minimum Gasteiger partial charge on any atom is -0.379 e. The van der Waals surface area contributed by atoms with Crippen LogP contribution in [0, 0.1) is 5.92 Å². The first-order valence-electron chi connectivity index (χ1n) is 6.76. The summed E-state index contributed by atoms with van der Waals surface area (Å²) in [5.74, 6) is 0.611. The van der Waals surface area contributed by atoms with Crippen molar-refractivity contribution in [2.45, 2.75) is 25.8 Å². The first-order chi connectivity index (χ1) is 9.74. The van der Waals surface area contributed by atoms with Gasteiger partial charge in [-0.1, -0.05) is 17.7 Å². The fourth-order valence-corrected chi connectivity index (χ4v) is 2.97. The second-order valence-corrected chi connectivity index (χ2v) is 6.49. The Hall–Kier alpha value is -1.33. The van der Waals surface area contributed by atoms with Gasteiger partial charge in [-0.2, -0.15) is 5.10 Å². The van der Waals surface area contributed by atoms with Gasteiger partial charge in [-0.25, -0.2) is 4.68 Å². The molecule has 0 atom stereocenters. The van der Waals surface area contributed by atoms with Gasteiger partial charge in [-0.3, -0.25) is 4.79 Å². The van der Waals surface area contributed by atoms with Crippen LogP contribution >= 0.6 is 22.9 Å². The fraction of sp³-hybridized carbons (Fsp3) is 0.429. The molecule has 1 aliphatic carbocycles. The van der Waals surface area contributed by atoms with E-state index < -0.39 is 0 Å². The van der Waals surface area contributed by atoms with Crippen molar-refractivity contribution in [3.8, 4) is 0 Å². The molecule has 0 bridgehead atoms. The molecule has 0 amide bonds. The molecule has 6 heteroatoms. The molecule has 0 spiro atoms. The van der Waals surface area contributed by atoms with Crippen LogP contribution < -0.4 is 10.9 Å². The first kappa shape index (κ1) is 13.6. The van der Waals surface area contributed by atoms with Crippen LogP contribution in [0.5, 0.6) is 0 Å². The number of nitrogens with zero attached hydrogens (tertiary/aromatic N) is 2. The van der Waals surface area contributed by atoms with Crippen molar-refractivity contribution >= 4 is 28.6 Å². The molecule has 1 N–H and O–H groups in total. The fourth-order valence-electron chi connectivity index (χ4n) is 2.07. The molecule has 2 heterocycles. The second-order valence-electron chi connectivity index (χ2n) is 5.05. The molecule has 106 valence electrons. The van der Waals surface area contributed by atoms with Crippen LogP contribution in [0.2, 0.25) is 5.02 Å². The zero-order valence-electron chi connectivity index (χ0n) is 11.0. The number of thiophene rings is 1. The van der Waals surface area contributed by atoms with Crippen LogP contribution in [-0.4, -0.2) is 16.3 Å². The third kappa shape index (κ3) is 3.22. The smallest absolute Gasteiger partial charge is 0.291 e. The van der Waals surface area contributed by atoms with E-state index in [0.29, 0.717) is 29.7 Å². The second kappa shape index (κ2) is 5.97. The van der Waals surface area contributed by atoms with E-state index in [4.69, 9.17) is 11.6 Å². The molecule has 4 nitrogen and oxygen atoms in total. The summed E-state index contributed by atoms with van der Waals surface area (Å²) in [6.45, 7) is 1.40. The third-order valence-electron chi connectivity index (χ3n) is 3.38. The van der Waals surface area contributed by atoms with E-state index in [2.05, 4.69) is 21.9 Å². The molecule has 0 unspecified atom stereocenters. The van der Waals surface area contributed by atoms with Crippen LogP contribution in [0.1, 0.15) is 17.7 Å². The van der Waals surface area contributed by atoms with Gasteiger partial charge in [0, 0.05) is 18.0 Å². The Morgan fingerprint density at radius 1 is 1.50 bits per heavy atom. The lowest BCUT2D eigenvalue weighted by atomic mass is 10.3. The summed E-state index contributed by atoms with van der Waals surface area (Å²) in [4.78, 5) is 13.6. The molecule has 1 fully saturated rings. The van der Waals surface area contributed by atoms with Crippen molar-refractivity contribution in [2.24, 2.45) is 5.92 Å². The molecule has 0 saturated heterocycles. The Morgan fingerprint density at radius 3 is 3.05 bits per heavy atom. The lowest BCUT2D eigenvalue weighted by Gasteiger charge is -2.10. The third-order valence-corrected chi connectivity index (χ3v) is 4.60. The van der Waals surface area contributed by atoms with E-state index in [1.807, 2.05) is 6.07 Å². The average Bonchev–Trinajstić information content (AvgIpc) is 3.10. The Balaban J connectivity index is 1.69. The SMILES string of the molecule is O=c1c(NCCc2cccs2)c(Cl)cnn1CC1CC1. The van der Waals surface area contributed by atoms with E-state index in [1.165, 1.54) is 22.4 Å². The molecule has 0 radical (unpaired) electrons. The lowest BCUT2D eigenvalue weighted by molar-refractivity contribution is 0.534. The summed E-state index contributed by atoms with van der Waals surface area (Å²) >= 11 is 7.80. The Bertz CT molecular complexity index is 634. The lowest BCUT2D eigenvalue weighted by Crippen LogP contribution is -2.27. The van der Waals surface area contributed by atoms with E-state index in [9.17, 15) is 4.79 Å². The summed E-state index contributed by atoms with van der Waals surface area (Å²) < 4.78 is 1.52. The number of anilines is 1. The summed E-state index contributed by atoms with van der Waals surface area (Å²) in [6.07, 6.45) is 4.83. The summed E-state index contributed by atoms with van der Waals surface area (Å²) in [5, 5.41) is 9.72. The first-order valence-corrected chi connectivity index (χ1v) is 8.01. The predicted octanol–water partition coefficient (Wildman–Crippen LogP) is 3.02. The van der Waals surface area contributed by atoms with E-state index in [0.717, 1.165) is 6.42 Å². The maximum atomic E-state index is 12.3. The zero-order chi connectivity index (χ0) is 13.9. The molecule has 20 heavy (non-hydrogen) atoms. The van der Waals surface area contributed by atoms with E-state index in [1.54, 1.807) is 17.5 Å². The van der Waals surface area contributed by atoms with Crippen LogP contribution in [0.15, 0.2) is 28.5 Å². The van der Waals surface area contributed by atoms with Crippen LogP contribution in [0.25, 0.3) is 0 Å². The monoisotopic (exact) mass is 309 g/mol. The molecule has 3 rings (SSSR count). The highest BCUT2D eigenvalue weighted by molar-refractivity contribution is 7.09. The highest BCUT2D eigenvalue weighted by Gasteiger charge is 2.23. The van der Waals surface area contributed by atoms with E-state index >= 15 is 0 Å². The van der Waals surface area contributed by atoms with Crippen molar-refractivity contribution in [3.63, 3.8) is 0 Å². The van der Waals surface area contributed by atoms with Gasteiger partial charge in [0.2, 0.25) is 0 Å². The van der Waals surface area contributed by atoms with E-state index in [-0.39, 0.29) is 5.56 Å². The molecule has 0 aromatic carbocycles. The van der Waals surface area contributed by atoms with Gasteiger partial charge in [-0.15, -0.1) is 11.3 Å². The minimum atomic E-state index is -0.115. The summed E-state index contributed by atoms with van der Waals surface area (Å²) in [5.41, 5.74) is 0.356. The Kier molecular flexibility index (Phi) is 4.08. The van der Waals surface area contributed by atoms with Crippen molar-refractivity contribution in [2.75, 3.05) is 11.9 Å². The number of rotatable bonds is 6. The van der Waals surface area contributed by atoms with Gasteiger partial charge < -0.3 is 5.32 Å². The van der Waals surface area contributed by atoms with Gasteiger partial charge in [0.15, 0.2) is 0 Å². The highest BCUT2D eigenvalue weighted by atomic mass is 35.5. The number of hydrogen-bond acceptors (Lipinski definition) is 4. The number of halogens is 1. The predicted molar refractivity (Wildman–Crippen MR) is 82.7 cm³/mol. The van der Waals surface area contributed by atoms with Crippen LogP contribution in [0.3, 0.4) is 0 Å². The normalized spacial score (nSPS) is 14.4. The number of nitrogens with one attached hydrogen (secondary N) is 1. The van der Waals surface area contributed by atoms with Crippen LogP contribution in [0.4, 0.5) is 5.69 Å². The van der Waals surface area contributed by atoms with Gasteiger partial charge >= 0.3 is 0 Å². The maximum Gasteiger partial charge on any atom is 0.291 e. The van der Waals surface area contributed by atoms with Gasteiger partial charge in [-0.05, 0) is 36.6 Å². The number of aromatic nitrogens is 2. The Morgan fingerprint density at radius 2 is 2.35 bits per heavy atom. The molecule has 0 aliphatic heterocycles. The van der Waals surface area contributed by atoms with Crippen molar-refractivity contribution in [3.05, 3.63) is 44.0 Å². The molecular formula is C14H16ClN3OS. The minimum absolute atomic E-state index is 0.115. The average molecular weight is 310 g/mol. The molecule has 1 aliphatic rings. The maximum absolute atomic E-state index is 12.3. The van der Waals surface area contributed by atoms with Crippen molar-refractivity contribution < 1.29 is 0 Å². The number of hydrogen-bond donors (Lipinski definition) is 1. The molecule has 2 aromatic rings. The zero-order valence-corrected chi connectivity index (χ0v) is 12.6. The molecular weight excluding hydrogens is 294 g/mol. The Labute approximate surface area is 126 Å². The standard InChI is InChI=1S/C14H16ClN3OS/c15-12-8-17-18(9-10-3-4-10)14(19)13(12)16-6-5-11-2-1-7-20-11/h1-2,7-8,10,16H,3-6,9H2. The highest BCUT2D eigenvalue weighted by Crippen LogP contribution is 2.30.